The van der Waals surface area contributed by atoms with E-state index in [-0.39, 0.29) is 5.56 Å². The lowest BCUT2D eigenvalue weighted by Crippen LogP contribution is -2.27. The van der Waals surface area contributed by atoms with Gasteiger partial charge < -0.3 is 5.73 Å². The molecule has 0 aliphatic carbocycles. The number of thioether (sulfide) groups is 1. The van der Waals surface area contributed by atoms with E-state index in [1.54, 1.807) is 17.6 Å². The Bertz CT molecular complexity index is 742. The molecule has 2 N–H and O–H groups in total. The fourth-order valence-corrected chi connectivity index (χ4v) is 3.23. The second-order valence-electron chi connectivity index (χ2n) is 5.59. The Labute approximate surface area is 140 Å². The van der Waals surface area contributed by atoms with E-state index in [1.165, 1.54) is 11.8 Å². The minimum absolute atomic E-state index is 0.0498. The quantitative estimate of drug-likeness (QED) is 0.458. The highest BCUT2D eigenvalue weighted by Crippen LogP contribution is 2.22. The Kier molecular flexibility index (Phi) is 6.21. The SMILES string of the molecule is CCCCCCn1c(S[C@H](C)C(N)=O)nc2ccccc2c1=O. The van der Waals surface area contributed by atoms with Crippen LogP contribution in [0.4, 0.5) is 0 Å². The Hall–Kier alpha value is -1.82. The van der Waals surface area contributed by atoms with E-state index < -0.39 is 11.2 Å². The van der Waals surface area contributed by atoms with Crippen LogP contribution in [0.25, 0.3) is 10.9 Å². The topological polar surface area (TPSA) is 78.0 Å². The molecule has 1 aromatic heterocycles. The van der Waals surface area contributed by atoms with E-state index >= 15 is 0 Å². The predicted molar refractivity (Wildman–Crippen MR) is 94.7 cm³/mol. The van der Waals surface area contributed by atoms with Crippen LogP contribution < -0.4 is 11.3 Å². The number of hydrogen-bond donors (Lipinski definition) is 1. The van der Waals surface area contributed by atoms with Crippen LogP contribution >= 0.6 is 11.8 Å². The number of nitrogens with zero attached hydrogens (tertiary/aromatic N) is 2. The van der Waals surface area contributed by atoms with Crippen molar-refractivity contribution in [3.63, 3.8) is 0 Å². The Morgan fingerprint density at radius 2 is 2.04 bits per heavy atom. The molecule has 0 radical (unpaired) electrons. The van der Waals surface area contributed by atoms with E-state index in [4.69, 9.17) is 5.73 Å². The summed E-state index contributed by atoms with van der Waals surface area (Å²) in [7, 11) is 0. The third-order valence-corrected chi connectivity index (χ3v) is 4.85. The lowest BCUT2D eigenvalue weighted by molar-refractivity contribution is -0.117. The fourth-order valence-electron chi connectivity index (χ4n) is 2.35. The van der Waals surface area contributed by atoms with Gasteiger partial charge in [-0.1, -0.05) is 50.1 Å². The number of rotatable bonds is 8. The molecule has 5 nitrogen and oxygen atoms in total. The smallest absolute Gasteiger partial charge is 0.262 e. The summed E-state index contributed by atoms with van der Waals surface area (Å²) in [5.74, 6) is -0.407. The number of amides is 1. The number of nitrogens with two attached hydrogens (primary N) is 1. The van der Waals surface area contributed by atoms with Crippen molar-refractivity contribution < 1.29 is 4.79 Å². The van der Waals surface area contributed by atoms with Gasteiger partial charge in [0.25, 0.3) is 5.56 Å². The number of para-hydroxylation sites is 1. The van der Waals surface area contributed by atoms with Gasteiger partial charge in [-0.25, -0.2) is 4.98 Å². The zero-order valence-corrected chi connectivity index (χ0v) is 14.4. The number of carbonyl (C=O) groups excluding carboxylic acids is 1. The maximum absolute atomic E-state index is 12.8. The van der Waals surface area contributed by atoms with E-state index in [0.29, 0.717) is 22.6 Å². The number of benzene rings is 1. The van der Waals surface area contributed by atoms with E-state index in [2.05, 4.69) is 11.9 Å². The minimum Gasteiger partial charge on any atom is -0.369 e. The van der Waals surface area contributed by atoms with Crippen LogP contribution in [0.15, 0.2) is 34.2 Å². The Morgan fingerprint density at radius 1 is 1.30 bits per heavy atom. The molecular formula is C17H23N3O2S. The van der Waals surface area contributed by atoms with Crippen molar-refractivity contribution in [3.8, 4) is 0 Å². The molecule has 0 saturated heterocycles. The maximum atomic E-state index is 12.8. The molecule has 2 rings (SSSR count). The third-order valence-electron chi connectivity index (χ3n) is 3.74. The van der Waals surface area contributed by atoms with Crippen LogP contribution in [-0.4, -0.2) is 20.7 Å². The summed E-state index contributed by atoms with van der Waals surface area (Å²) in [6.07, 6.45) is 4.29. The Morgan fingerprint density at radius 3 is 2.74 bits per heavy atom. The molecule has 0 aliphatic rings. The van der Waals surface area contributed by atoms with Crippen LogP contribution in [0, 0.1) is 0 Å². The first-order valence-electron chi connectivity index (χ1n) is 8.00. The summed E-state index contributed by atoms with van der Waals surface area (Å²) in [6.45, 7) is 4.50. The van der Waals surface area contributed by atoms with E-state index in [9.17, 15) is 9.59 Å². The molecule has 6 heteroatoms. The number of aromatic nitrogens is 2. The molecule has 0 bridgehead atoms. The average molecular weight is 333 g/mol. The van der Waals surface area contributed by atoms with Gasteiger partial charge in [0.05, 0.1) is 16.2 Å². The van der Waals surface area contributed by atoms with Crippen molar-refractivity contribution in [2.24, 2.45) is 5.73 Å². The third kappa shape index (κ3) is 4.34. The first-order chi connectivity index (χ1) is 11.0. The van der Waals surface area contributed by atoms with Gasteiger partial charge in [-0.3, -0.25) is 14.2 Å². The molecule has 0 unspecified atom stereocenters. The molecule has 0 saturated carbocycles. The molecule has 0 spiro atoms. The minimum atomic E-state index is -0.426. The largest absolute Gasteiger partial charge is 0.369 e. The van der Waals surface area contributed by atoms with Crippen molar-refractivity contribution in [1.82, 2.24) is 9.55 Å². The van der Waals surface area contributed by atoms with Crippen molar-refractivity contribution >= 4 is 28.6 Å². The summed E-state index contributed by atoms with van der Waals surface area (Å²) >= 11 is 1.25. The molecular weight excluding hydrogens is 310 g/mol. The summed E-state index contributed by atoms with van der Waals surface area (Å²) in [5, 5.41) is 0.750. The zero-order chi connectivity index (χ0) is 16.8. The fraction of sp³-hybridized carbons (Fsp3) is 0.471. The van der Waals surface area contributed by atoms with Crippen molar-refractivity contribution in [1.29, 1.82) is 0 Å². The number of primary amides is 1. The molecule has 0 fully saturated rings. The molecule has 124 valence electrons. The molecule has 1 aromatic carbocycles. The highest BCUT2D eigenvalue weighted by Gasteiger charge is 2.17. The van der Waals surface area contributed by atoms with Gasteiger partial charge in [-0.2, -0.15) is 0 Å². The van der Waals surface area contributed by atoms with Crippen LogP contribution in [0.3, 0.4) is 0 Å². The average Bonchev–Trinajstić information content (AvgIpc) is 2.53. The number of unbranched alkanes of at least 4 members (excludes halogenated alkanes) is 3. The van der Waals surface area contributed by atoms with Gasteiger partial charge in [0.15, 0.2) is 5.16 Å². The first-order valence-corrected chi connectivity index (χ1v) is 8.88. The molecule has 2 aromatic rings. The first kappa shape index (κ1) is 17.5. The summed E-state index contributed by atoms with van der Waals surface area (Å²) < 4.78 is 1.68. The second-order valence-corrected chi connectivity index (χ2v) is 6.90. The molecule has 0 aliphatic heterocycles. The standard InChI is InChI=1S/C17H23N3O2S/c1-3-4-5-8-11-20-16(22)13-9-6-7-10-14(13)19-17(20)23-12(2)15(18)21/h6-7,9-10,12H,3-5,8,11H2,1-2H3,(H2,18,21)/t12-/m1/s1. The van der Waals surface area contributed by atoms with Gasteiger partial charge in [-0.05, 0) is 25.5 Å². The monoisotopic (exact) mass is 333 g/mol. The molecule has 1 atom stereocenters. The molecule has 1 heterocycles. The Balaban J connectivity index is 2.40. The second kappa shape index (κ2) is 8.15. The summed E-state index contributed by atoms with van der Waals surface area (Å²) in [6, 6.07) is 7.30. The van der Waals surface area contributed by atoms with Gasteiger partial charge in [-0.15, -0.1) is 0 Å². The predicted octanol–water partition coefficient (Wildman–Crippen LogP) is 2.94. The number of hydrogen-bond acceptors (Lipinski definition) is 4. The number of fused-ring (bicyclic) bond motifs is 1. The highest BCUT2D eigenvalue weighted by atomic mass is 32.2. The van der Waals surface area contributed by atoms with Crippen LogP contribution in [-0.2, 0) is 11.3 Å². The van der Waals surface area contributed by atoms with E-state index in [1.807, 2.05) is 18.2 Å². The van der Waals surface area contributed by atoms with Gasteiger partial charge in [0.2, 0.25) is 5.91 Å². The molecule has 23 heavy (non-hydrogen) atoms. The summed E-state index contributed by atoms with van der Waals surface area (Å²) in [5.41, 5.74) is 5.95. The number of carbonyl (C=O) groups is 1. The van der Waals surface area contributed by atoms with Gasteiger partial charge >= 0.3 is 0 Å². The van der Waals surface area contributed by atoms with Crippen LogP contribution in [0.1, 0.15) is 39.5 Å². The van der Waals surface area contributed by atoms with Gasteiger partial charge in [0, 0.05) is 6.54 Å². The highest BCUT2D eigenvalue weighted by molar-refractivity contribution is 8.00. The zero-order valence-electron chi connectivity index (χ0n) is 13.6. The molecule has 1 amide bonds. The van der Waals surface area contributed by atoms with Crippen molar-refractivity contribution in [2.75, 3.05) is 0 Å². The lowest BCUT2D eigenvalue weighted by atomic mass is 10.2. The van der Waals surface area contributed by atoms with Gasteiger partial charge in [0.1, 0.15) is 0 Å². The summed E-state index contributed by atoms with van der Waals surface area (Å²) in [4.78, 5) is 28.7. The van der Waals surface area contributed by atoms with Crippen LogP contribution in [0.2, 0.25) is 0 Å². The van der Waals surface area contributed by atoms with E-state index in [0.717, 1.165) is 25.7 Å². The lowest BCUT2D eigenvalue weighted by Gasteiger charge is -2.14. The normalized spacial score (nSPS) is 12.4. The van der Waals surface area contributed by atoms with Crippen LogP contribution in [0.5, 0.6) is 0 Å². The maximum Gasteiger partial charge on any atom is 0.262 e. The van der Waals surface area contributed by atoms with Crippen molar-refractivity contribution in [3.05, 3.63) is 34.6 Å². The van der Waals surface area contributed by atoms with Crippen molar-refractivity contribution in [2.45, 2.75) is 56.5 Å².